The molecule has 1 aromatic heterocycles. The molecule has 6 nitrogen and oxygen atoms in total. The summed E-state index contributed by atoms with van der Waals surface area (Å²) in [5.41, 5.74) is 3.38. The summed E-state index contributed by atoms with van der Waals surface area (Å²) in [6, 6.07) is 10.0. The van der Waals surface area contributed by atoms with Crippen molar-refractivity contribution >= 4 is 17.6 Å². The second-order valence-corrected chi connectivity index (χ2v) is 6.78. The van der Waals surface area contributed by atoms with Crippen LogP contribution in [-0.2, 0) is 17.7 Å². The minimum absolute atomic E-state index is 0.507. The third-order valence-corrected chi connectivity index (χ3v) is 4.36. The van der Waals surface area contributed by atoms with Crippen molar-refractivity contribution < 1.29 is 9.47 Å². The fourth-order valence-corrected chi connectivity index (χ4v) is 2.72. The average molecular weight is 405 g/mol. The van der Waals surface area contributed by atoms with Gasteiger partial charge in [0, 0.05) is 52.0 Å². The van der Waals surface area contributed by atoms with Gasteiger partial charge in [0.25, 0.3) is 0 Å². The van der Waals surface area contributed by atoms with Gasteiger partial charge in [0.05, 0.1) is 6.61 Å². The molecule has 28 heavy (non-hydrogen) atoms. The van der Waals surface area contributed by atoms with Gasteiger partial charge >= 0.3 is 0 Å². The van der Waals surface area contributed by atoms with Gasteiger partial charge in [-0.3, -0.25) is 4.99 Å². The molecule has 0 aliphatic rings. The van der Waals surface area contributed by atoms with Gasteiger partial charge in [-0.2, -0.15) is 0 Å². The summed E-state index contributed by atoms with van der Waals surface area (Å²) in [5, 5.41) is 7.16. The number of hydrogen-bond acceptors (Lipinski definition) is 4. The largest absolute Gasteiger partial charge is 0.493 e. The predicted octanol–water partition coefficient (Wildman–Crippen LogP) is 3.37. The Kier molecular flexibility index (Phi) is 9.59. The van der Waals surface area contributed by atoms with E-state index in [-0.39, 0.29) is 0 Å². The minimum Gasteiger partial charge on any atom is -0.493 e. The number of aryl methyl sites for hydroxylation is 1. The third-order valence-electron chi connectivity index (χ3n) is 4.14. The van der Waals surface area contributed by atoms with E-state index in [1.807, 2.05) is 6.07 Å². The number of halogens is 1. The van der Waals surface area contributed by atoms with Crippen molar-refractivity contribution in [2.24, 2.45) is 4.99 Å². The number of rotatable bonds is 10. The van der Waals surface area contributed by atoms with Crippen LogP contribution >= 0.6 is 11.6 Å². The second kappa shape index (κ2) is 12.2. The summed E-state index contributed by atoms with van der Waals surface area (Å²) < 4.78 is 11.0. The number of pyridine rings is 1. The van der Waals surface area contributed by atoms with Crippen molar-refractivity contribution in [3.8, 4) is 5.75 Å². The molecule has 1 aromatic carbocycles. The van der Waals surface area contributed by atoms with Crippen LogP contribution < -0.4 is 15.4 Å². The van der Waals surface area contributed by atoms with E-state index in [2.05, 4.69) is 45.7 Å². The van der Waals surface area contributed by atoms with Gasteiger partial charge in [-0.25, -0.2) is 4.98 Å². The lowest BCUT2D eigenvalue weighted by Gasteiger charge is -2.15. The zero-order valence-electron chi connectivity index (χ0n) is 16.8. The first kappa shape index (κ1) is 22.0. The number of nitrogens with zero attached hydrogens (tertiary/aromatic N) is 2. The van der Waals surface area contributed by atoms with E-state index in [0.717, 1.165) is 42.2 Å². The summed E-state index contributed by atoms with van der Waals surface area (Å²) in [6.07, 6.45) is 3.49. The number of ether oxygens (including phenoxy) is 2. The zero-order valence-corrected chi connectivity index (χ0v) is 17.6. The number of benzene rings is 1. The Hall–Kier alpha value is -2.31. The van der Waals surface area contributed by atoms with Crippen LogP contribution in [0.4, 0.5) is 0 Å². The smallest absolute Gasteiger partial charge is 0.191 e. The fourth-order valence-electron chi connectivity index (χ4n) is 2.61. The first-order valence-electron chi connectivity index (χ1n) is 9.38. The van der Waals surface area contributed by atoms with E-state index in [9.17, 15) is 0 Å². The van der Waals surface area contributed by atoms with E-state index < -0.39 is 0 Å². The van der Waals surface area contributed by atoms with Crippen LogP contribution in [0.3, 0.4) is 0 Å². The van der Waals surface area contributed by atoms with Crippen molar-refractivity contribution in [3.05, 3.63) is 58.4 Å². The summed E-state index contributed by atoms with van der Waals surface area (Å²) in [4.78, 5) is 8.38. The Morgan fingerprint density at radius 3 is 2.75 bits per heavy atom. The van der Waals surface area contributed by atoms with E-state index in [1.54, 1.807) is 26.4 Å². The first-order valence-corrected chi connectivity index (χ1v) is 9.76. The molecule has 2 aromatic rings. The fraction of sp³-hybridized carbons (Fsp3) is 0.429. The Morgan fingerprint density at radius 2 is 2.04 bits per heavy atom. The monoisotopic (exact) mass is 404 g/mol. The van der Waals surface area contributed by atoms with Gasteiger partial charge in [0.2, 0.25) is 0 Å². The number of hydrogen-bond donors (Lipinski definition) is 2. The van der Waals surface area contributed by atoms with Crippen LogP contribution in [0, 0.1) is 6.92 Å². The molecule has 7 heteroatoms. The summed E-state index contributed by atoms with van der Waals surface area (Å²) in [6.45, 7) is 4.76. The van der Waals surface area contributed by atoms with Gasteiger partial charge in [-0.15, -0.1) is 0 Å². The highest BCUT2D eigenvalue weighted by Gasteiger charge is 2.06. The van der Waals surface area contributed by atoms with Crippen LogP contribution in [-0.4, -0.2) is 44.9 Å². The minimum atomic E-state index is 0.507. The van der Waals surface area contributed by atoms with Crippen LogP contribution in [0.15, 0.2) is 41.5 Å². The topological polar surface area (TPSA) is 67.8 Å². The van der Waals surface area contributed by atoms with Gasteiger partial charge in [0.1, 0.15) is 10.9 Å². The van der Waals surface area contributed by atoms with Gasteiger partial charge in [0.15, 0.2) is 5.96 Å². The van der Waals surface area contributed by atoms with Crippen molar-refractivity contribution in [2.75, 3.05) is 33.9 Å². The molecule has 0 bridgehead atoms. The number of aromatic nitrogens is 1. The third kappa shape index (κ3) is 7.74. The summed E-state index contributed by atoms with van der Waals surface area (Å²) in [5.74, 6) is 1.64. The lowest BCUT2D eigenvalue weighted by molar-refractivity contribution is 0.172. The first-order chi connectivity index (χ1) is 13.6. The summed E-state index contributed by atoms with van der Waals surface area (Å²) >= 11 is 5.82. The number of guanidine groups is 1. The van der Waals surface area contributed by atoms with Crippen molar-refractivity contribution in [1.29, 1.82) is 0 Å². The Labute approximate surface area is 172 Å². The standard InChI is InChI=1S/C21H29ClN4O2/c1-16-5-7-18(19(13-16)28-12-4-11-27-3)15-26-21(23-2)24-10-9-17-6-8-20(22)25-14-17/h5-8,13-14H,4,9-12,15H2,1-3H3,(H2,23,24,26). The van der Waals surface area contributed by atoms with Crippen LogP contribution in [0.5, 0.6) is 5.75 Å². The van der Waals surface area contributed by atoms with E-state index in [4.69, 9.17) is 21.1 Å². The molecule has 0 aliphatic heterocycles. The normalized spacial score (nSPS) is 11.4. The van der Waals surface area contributed by atoms with Crippen LogP contribution in [0.1, 0.15) is 23.1 Å². The van der Waals surface area contributed by atoms with E-state index in [1.165, 1.54) is 5.56 Å². The molecular weight excluding hydrogens is 376 g/mol. The van der Waals surface area contributed by atoms with Crippen molar-refractivity contribution in [3.63, 3.8) is 0 Å². The molecular formula is C21H29ClN4O2. The van der Waals surface area contributed by atoms with E-state index in [0.29, 0.717) is 24.9 Å². The molecule has 0 unspecified atom stereocenters. The lowest BCUT2D eigenvalue weighted by Crippen LogP contribution is -2.37. The average Bonchev–Trinajstić information content (AvgIpc) is 2.70. The Balaban J connectivity index is 1.84. The van der Waals surface area contributed by atoms with Crippen LogP contribution in [0.2, 0.25) is 5.15 Å². The van der Waals surface area contributed by atoms with Gasteiger partial charge in [-0.05, 0) is 36.6 Å². The van der Waals surface area contributed by atoms with Crippen molar-refractivity contribution in [2.45, 2.75) is 26.3 Å². The molecule has 1 heterocycles. The number of methoxy groups -OCH3 is 1. The molecule has 0 amide bonds. The maximum Gasteiger partial charge on any atom is 0.191 e. The Bertz CT molecular complexity index is 751. The quantitative estimate of drug-likeness (QED) is 0.275. The maximum atomic E-state index is 5.94. The number of nitrogens with one attached hydrogen (secondary N) is 2. The van der Waals surface area contributed by atoms with Crippen molar-refractivity contribution in [1.82, 2.24) is 15.6 Å². The molecule has 2 N–H and O–H groups in total. The SMILES string of the molecule is CN=C(NCCc1ccc(Cl)nc1)NCc1ccc(C)cc1OCCCOC. The molecule has 0 saturated heterocycles. The van der Waals surface area contributed by atoms with Gasteiger partial charge in [-0.1, -0.05) is 29.8 Å². The highest BCUT2D eigenvalue weighted by Crippen LogP contribution is 2.20. The highest BCUT2D eigenvalue weighted by atomic mass is 35.5. The molecule has 0 spiro atoms. The van der Waals surface area contributed by atoms with Gasteiger partial charge < -0.3 is 20.1 Å². The molecule has 0 atom stereocenters. The Morgan fingerprint density at radius 1 is 1.18 bits per heavy atom. The molecule has 0 saturated carbocycles. The predicted molar refractivity (Wildman–Crippen MR) is 114 cm³/mol. The maximum absolute atomic E-state index is 5.94. The van der Waals surface area contributed by atoms with Crippen LogP contribution in [0.25, 0.3) is 0 Å². The summed E-state index contributed by atoms with van der Waals surface area (Å²) in [7, 11) is 3.46. The molecule has 152 valence electrons. The number of aliphatic imine (C=N–C) groups is 1. The lowest BCUT2D eigenvalue weighted by atomic mass is 10.1. The molecule has 2 rings (SSSR count). The molecule has 0 fully saturated rings. The zero-order chi connectivity index (χ0) is 20.2. The molecule has 0 aliphatic carbocycles. The van der Waals surface area contributed by atoms with E-state index >= 15 is 0 Å². The molecule has 0 radical (unpaired) electrons. The highest BCUT2D eigenvalue weighted by molar-refractivity contribution is 6.29. The second-order valence-electron chi connectivity index (χ2n) is 6.40.